The van der Waals surface area contributed by atoms with Gasteiger partial charge < -0.3 is 14.4 Å². The molecule has 0 atom stereocenters. The summed E-state index contributed by atoms with van der Waals surface area (Å²) in [6, 6.07) is 6.08. The predicted octanol–water partition coefficient (Wildman–Crippen LogP) is 1.62. The second-order valence-corrected chi connectivity index (χ2v) is 5.01. The van der Waals surface area contributed by atoms with E-state index in [0.29, 0.717) is 10.1 Å². The van der Waals surface area contributed by atoms with Crippen molar-refractivity contribution in [3.8, 4) is 0 Å². The van der Waals surface area contributed by atoms with Crippen molar-refractivity contribution in [2.24, 2.45) is 0 Å². The molecule has 0 radical (unpaired) electrons. The Hall–Kier alpha value is -2.35. The first-order chi connectivity index (χ1) is 9.47. The first kappa shape index (κ1) is 14.1. The summed E-state index contributed by atoms with van der Waals surface area (Å²) < 4.78 is 5.09. The number of nitrogens with zero attached hydrogens (tertiary/aromatic N) is 3. The molecule has 8 heteroatoms. The molecule has 0 unspecified atom stereocenters. The quantitative estimate of drug-likeness (QED) is 0.914. The van der Waals surface area contributed by atoms with E-state index in [0.717, 1.165) is 11.8 Å². The van der Waals surface area contributed by atoms with E-state index in [1.165, 1.54) is 17.0 Å². The van der Waals surface area contributed by atoms with E-state index in [4.69, 9.17) is 9.52 Å². The van der Waals surface area contributed by atoms with Gasteiger partial charge in [-0.05, 0) is 36.0 Å². The van der Waals surface area contributed by atoms with Crippen molar-refractivity contribution < 1.29 is 19.1 Å². The molecule has 0 aliphatic heterocycles. The van der Waals surface area contributed by atoms with Crippen molar-refractivity contribution in [2.45, 2.75) is 10.1 Å². The highest BCUT2D eigenvalue weighted by atomic mass is 32.2. The Balaban J connectivity index is 2.10. The van der Waals surface area contributed by atoms with Gasteiger partial charge in [-0.1, -0.05) is 0 Å². The number of hydrogen-bond acceptors (Lipinski definition) is 6. The van der Waals surface area contributed by atoms with Crippen LogP contribution in [0.3, 0.4) is 0 Å². The number of amides is 1. The van der Waals surface area contributed by atoms with Gasteiger partial charge in [0, 0.05) is 14.1 Å². The van der Waals surface area contributed by atoms with Crippen LogP contribution in [-0.2, 0) is 0 Å². The SMILES string of the molecule is CN(C)C(=O)c1ccc(Sc2ccc(C(=O)O)o2)nn1. The summed E-state index contributed by atoms with van der Waals surface area (Å²) >= 11 is 1.13. The zero-order valence-electron chi connectivity index (χ0n) is 10.7. The molecule has 0 aromatic carbocycles. The van der Waals surface area contributed by atoms with Gasteiger partial charge in [-0.3, -0.25) is 4.79 Å². The molecule has 0 fully saturated rings. The molecule has 0 saturated heterocycles. The van der Waals surface area contributed by atoms with Crippen molar-refractivity contribution in [1.29, 1.82) is 0 Å². The van der Waals surface area contributed by atoms with Crippen LogP contribution in [0.1, 0.15) is 21.0 Å². The van der Waals surface area contributed by atoms with Crippen molar-refractivity contribution in [3.63, 3.8) is 0 Å². The van der Waals surface area contributed by atoms with Crippen molar-refractivity contribution >= 4 is 23.6 Å². The molecule has 0 saturated carbocycles. The Labute approximate surface area is 118 Å². The van der Waals surface area contributed by atoms with Crippen molar-refractivity contribution in [1.82, 2.24) is 15.1 Å². The molecule has 1 amide bonds. The number of carboxylic acid groups (broad SMARTS) is 1. The highest BCUT2D eigenvalue weighted by Gasteiger charge is 2.13. The lowest BCUT2D eigenvalue weighted by atomic mass is 10.3. The first-order valence-electron chi connectivity index (χ1n) is 5.53. The molecule has 2 aromatic rings. The minimum atomic E-state index is -1.13. The smallest absolute Gasteiger partial charge is 0.371 e. The molecule has 2 aromatic heterocycles. The van der Waals surface area contributed by atoms with E-state index in [-0.39, 0.29) is 17.4 Å². The van der Waals surface area contributed by atoms with Gasteiger partial charge in [-0.15, -0.1) is 10.2 Å². The minimum absolute atomic E-state index is 0.139. The number of hydrogen-bond donors (Lipinski definition) is 1. The number of carboxylic acids is 1. The zero-order chi connectivity index (χ0) is 14.7. The highest BCUT2D eigenvalue weighted by molar-refractivity contribution is 7.99. The maximum Gasteiger partial charge on any atom is 0.371 e. The second-order valence-electron chi connectivity index (χ2n) is 3.98. The number of aromatic carboxylic acids is 1. The van der Waals surface area contributed by atoms with Crippen LogP contribution in [0.25, 0.3) is 0 Å². The standard InChI is InChI=1S/C12H11N3O4S/c1-15(2)11(16)7-3-5-9(14-13-7)20-10-6-4-8(19-10)12(17)18/h3-6H,1-2H3,(H,17,18). The molecule has 20 heavy (non-hydrogen) atoms. The normalized spacial score (nSPS) is 10.3. The van der Waals surface area contributed by atoms with E-state index in [1.54, 1.807) is 26.2 Å². The summed E-state index contributed by atoms with van der Waals surface area (Å²) in [6.45, 7) is 0. The monoisotopic (exact) mass is 293 g/mol. The number of carbonyl (C=O) groups is 2. The maximum absolute atomic E-state index is 11.6. The second kappa shape index (κ2) is 5.74. The fraction of sp³-hybridized carbons (Fsp3) is 0.167. The fourth-order valence-corrected chi connectivity index (χ4v) is 2.00. The lowest BCUT2D eigenvalue weighted by Crippen LogP contribution is -2.23. The molecule has 0 bridgehead atoms. The average molecular weight is 293 g/mol. The Morgan fingerprint density at radius 2 is 1.95 bits per heavy atom. The lowest BCUT2D eigenvalue weighted by Gasteiger charge is -2.08. The Kier molecular flexibility index (Phi) is 4.04. The molecule has 0 aliphatic rings. The first-order valence-corrected chi connectivity index (χ1v) is 6.35. The summed E-state index contributed by atoms with van der Waals surface area (Å²) in [4.78, 5) is 23.7. The average Bonchev–Trinajstić information content (AvgIpc) is 2.87. The van der Waals surface area contributed by atoms with Gasteiger partial charge in [0.25, 0.3) is 5.91 Å². The molecular formula is C12H11N3O4S. The van der Waals surface area contributed by atoms with Gasteiger partial charge in [0.15, 0.2) is 10.8 Å². The molecule has 2 rings (SSSR count). The van der Waals surface area contributed by atoms with Gasteiger partial charge in [-0.2, -0.15) is 0 Å². The Bertz CT molecular complexity index is 636. The van der Waals surface area contributed by atoms with Crippen LogP contribution in [0, 0.1) is 0 Å². The van der Waals surface area contributed by atoms with E-state index in [2.05, 4.69) is 10.2 Å². The summed E-state index contributed by atoms with van der Waals surface area (Å²) in [5.74, 6) is -1.50. The van der Waals surface area contributed by atoms with Gasteiger partial charge in [-0.25, -0.2) is 4.79 Å². The Morgan fingerprint density at radius 1 is 1.20 bits per heavy atom. The number of aromatic nitrogens is 2. The number of rotatable bonds is 4. The van der Waals surface area contributed by atoms with Crippen LogP contribution in [0.2, 0.25) is 0 Å². The van der Waals surface area contributed by atoms with Gasteiger partial charge in [0.2, 0.25) is 5.76 Å². The summed E-state index contributed by atoms with van der Waals surface area (Å²) in [7, 11) is 3.26. The van der Waals surface area contributed by atoms with Crippen LogP contribution < -0.4 is 0 Å². The molecule has 1 N–H and O–H groups in total. The number of furan rings is 1. The molecular weight excluding hydrogens is 282 g/mol. The summed E-state index contributed by atoms with van der Waals surface area (Å²) in [5, 5.41) is 17.3. The molecule has 2 heterocycles. The van der Waals surface area contributed by atoms with E-state index >= 15 is 0 Å². The highest BCUT2D eigenvalue weighted by Crippen LogP contribution is 2.27. The number of carbonyl (C=O) groups excluding carboxylic acids is 1. The zero-order valence-corrected chi connectivity index (χ0v) is 11.5. The fourth-order valence-electron chi connectivity index (χ4n) is 1.31. The van der Waals surface area contributed by atoms with Gasteiger partial charge >= 0.3 is 5.97 Å². The van der Waals surface area contributed by atoms with Crippen LogP contribution in [0.4, 0.5) is 0 Å². The third-order valence-electron chi connectivity index (χ3n) is 2.26. The third kappa shape index (κ3) is 3.15. The largest absolute Gasteiger partial charge is 0.475 e. The van der Waals surface area contributed by atoms with Crippen LogP contribution in [0.15, 0.2) is 38.8 Å². The third-order valence-corrected chi connectivity index (χ3v) is 3.11. The van der Waals surface area contributed by atoms with Crippen molar-refractivity contribution in [2.75, 3.05) is 14.1 Å². The van der Waals surface area contributed by atoms with Crippen LogP contribution in [-0.4, -0.2) is 46.2 Å². The van der Waals surface area contributed by atoms with Gasteiger partial charge in [0.1, 0.15) is 5.03 Å². The van der Waals surface area contributed by atoms with Crippen molar-refractivity contribution in [3.05, 3.63) is 35.7 Å². The molecule has 0 spiro atoms. The molecule has 104 valence electrons. The molecule has 7 nitrogen and oxygen atoms in total. The lowest BCUT2D eigenvalue weighted by molar-refractivity contribution is 0.0656. The van der Waals surface area contributed by atoms with Crippen LogP contribution in [0.5, 0.6) is 0 Å². The van der Waals surface area contributed by atoms with E-state index in [1.807, 2.05) is 0 Å². The summed E-state index contributed by atoms with van der Waals surface area (Å²) in [5.41, 5.74) is 0.241. The van der Waals surface area contributed by atoms with Gasteiger partial charge in [0.05, 0.1) is 0 Å². The molecule has 0 aliphatic carbocycles. The Morgan fingerprint density at radius 3 is 2.45 bits per heavy atom. The van der Waals surface area contributed by atoms with E-state index in [9.17, 15) is 9.59 Å². The van der Waals surface area contributed by atoms with Crippen LogP contribution >= 0.6 is 11.8 Å². The topological polar surface area (TPSA) is 96.5 Å². The summed E-state index contributed by atoms with van der Waals surface area (Å²) in [6.07, 6.45) is 0. The predicted molar refractivity (Wildman–Crippen MR) is 69.8 cm³/mol. The van der Waals surface area contributed by atoms with E-state index < -0.39 is 5.97 Å². The minimum Gasteiger partial charge on any atom is -0.475 e. The maximum atomic E-state index is 11.6.